The second-order valence-electron chi connectivity index (χ2n) is 5.02. The summed E-state index contributed by atoms with van der Waals surface area (Å²) in [6.07, 6.45) is 1.72. The molecule has 3 nitrogen and oxygen atoms in total. The van der Waals surface area contributed by atoms with E-state index in [9.17, 15) is 4.79 Å². The van der Waals surface area contributed by atoms with Crippen LogP contribution in [0.2, 0.25) is 0 Å². The second kappa shape index (κ2) is 3.29. The molecule has 0 amide bonds. The lowest BCUT2D eigenvalue weighted by Crippen LogP contribution is -2.35. The first-order valence-corrected chi connectivity index (χ1v) is 5.65. The molecule has 2 aromatic rings. The fraction of sp³-hybridized carbons (Fsp3) is 0.286. The SMILES string of the molecule is CC1(C)COc2c(ccc3cccnc23)C1=O. The number of benzene rings is 1. The standard InChI is InChI=1S/C14H13NO2/c1-14(2)8-17-12-10(13(14)16)6-5-9-4-3-7-15-11(9)12/h3-7H,8H2,1-2H3. The van der Waals surface area contributed by atoms with Crippen molar-refractivity contribution in [1.82, 2.24) is 4.98 Å². The van der Waals surface area contributed by atoms with E-state index in [1.807, 2.05) is 38.1 Å². The Morgan fingerprint density at radius 2 is 2.12 bits per heavy atom. The van der Waals surface area contributed by atoms with Crippen molar-refractivity contribution in [1.29, 1.82) is 0 Å². The minimum atomic E-state index is -0.449. The van der Waals surface area contributed by atoms with E-state index in [2.05, 4.69) is 4.98 Å². The van der Waals surface area contributed by atoms with Gasteiger partial charge in [0.2, 0.25) is 0 Å². The van der Waals surface area contributed by atoms with Gasteiger partial charge in [-0.05, 0) is 26.0 Å². The average molecular weight is 227 g/mol. The summed E-state index contributed by atoms with van der Waals surface area (Å²) in [5.41, 5.74) is 0.969. The molecule has 0 radical (unpaired) electrons. The van der Waals surface area contributed by atoms with Crippen molar-refractivity contribution in [3.8, 4) is 5.75 Å². The maximum Gasteiger partial charge on any atom is 0.175 e. The number of ketones is 1. The molecule has 1 aliphatic rings. The van der Waals surface area contributed by atoms with E-state index in [0.717, 1.165) is 10.9 Å². The molecular formula is C14H13NO2. The van der Waals surface area contributed by atoms with Crippen LogP contribution in [-0.4, -0.2) is 17.4 Å². The molecule has 3 rings (SSSR count). The van der Waals surface area contributed by atoms with Crippen molar-refractivity contribution >= 4 is 16.7 Å². The van der Waals surface area contributed by atoms with Crippen LogP contribution in [0.3, 0.4) is 0 Å². The van der Waals surface area contributed by atoms with Crippen LogP contribution in [0.15, 0.2) is 30.5 Å². The first kappa shape index (κ1) is 10.3. The third-order valence-corrected chi connectivity index (χ3v) is 3.16. The Balaban J connectivity index is 2.30. The number of rotatable bonds is 0. The van der Waals surface area contributed by atoms with Gasteiger partial charge in [-0.2, -0.15) is 0 Å². The number of pyridine rings is 1. The Morgan fingerprint density at radius 3 is 2.94 bits per heavy atom. The predicted octanol–water partition coefficient (Wildman–Crippen LogP) is 2.84. The molecule has 1 aromatic heterocycles. The first-order valence-electron chi connectivity index (χ1n) is 5.65. The highest BCUT2D eigenvalue weighted by Gasteiger charge is 2.36. The van der Waals surface area contributed by atoms with Gasteiger partial charge in [-0.3, -0.25) is 9.78 Å². The molecule has 86 valence electrons. The number of carbonyl (C=O) groups excluding carboxylic acids is 1. The van der Waals surface area contributed by atoms with E-state index >= 15 is 0 Å². The smallest absolute Gasteiger partial charge is 0.175 e. The van der Waals surface area contributed by atoms with Gasteiger partial charge in [0, 0.05) is 11.6 Å². The fourth-order valence-corrected chi connectivity index (χ4v) is 2.13. The van der Waals surface area contributed by atoms with Gasteiger partial charge in [0.1, 0.15) is 12.1 Å². The number of aromatic nitrogens is 1. The molecule has 2 heterocycles. The summed E-state index contributed by atoms with van der Waals surface area (Å²) < 4.78 is 5.74. The maximum absolute atomic E-state index is 12.3. The number of ether oxygens (including phenoxy) is 1. The summed E-state index contributed by atoms with van der Waals surface area (Å²) >= 11 is 0. The van der Waals surface area contributed by atoms with Crippen LogP contribution < -0.4 is 4.74 Å². The van der Waals surface area contributed by atoms with Gasteiger partial charge < -0.3 is 4.74 Å². The molecule has 0 unspecified atom stereocenters. The number of nitrogens with zero attached hydrogens (tertiary/aromatic N) is 1. The Hall–Kier alpha value is -1.90. The molecule has 0 spiro atoms. The quantitative estimate of drug-likeness (QED) is 0.694. The molecule has 17 heavy (non-hydrogen) atoms. The summed E-state index contributed by atoms with van der Waals surface area (Å²) in [6.45, 7) is 4.22. The number of hydrogen-bond donors (Lipinski definition) is 0. The predicted molar refractivity (Wildman–Crippen MR) is 65.3 cm³/mol. The lowest BCUT2D eigenvalue weighted by molar-refractivity contribution is 0.0695. The molecule has 1 aliphatic heterocycles. The van der Waals surface area contributed by atoms with Gasteiger partial charge in [-0.1, -0.05) is 12.1 Å². The second-order valence-corrected chi connectivity index (χ2v) is 5.02. The average Bonchev–Trinajstić information content (AvgIpc) is 2.33. The number of Topliss-reactive ketones (excluding diaryl/α,β-unsaturated/α-hetero) is 1. The molecule has 0 saturated carbocycles. The monoisotopic (exact) mass is 227 g/mol. The van der Waals surface area contributed by atoms with Gasteiger partial charge in [0.05, 0.1) is 11.0 Å². The highest BCUT2D eigenvalue weighted by Crippen LogP contribution is 2.37. The van der Waals surface area contributed by atoms with Gasteiger partial charge in [-0.25, -0.2) is 0 Å². The third-order valence-electron chi connectivity index (χ3n) is 3.16. The lowest BCUT2D eigenvalue weighted by atomic mass is 9.82. The van der Waals surface area contributed by atoms with Crippen LogP contribution in [0.4, 0.5) is 0 Å². The van der Waals surface area contributed by atoms with Gasteiger partial charge >= 0.3 is 0 Å². The van der Waals surface area contributed by atoms with E-state index in [1.165, 1.54) is 0 Å². The Morgan fingerprint density at radius 1 is 1.29 bits per heavy atom. The zero-order chi connectivity index (χ0) is 12.0. The molecule has 0 atom stereocenters. The molecule has 0 bridgehead atoms. The molecule has 0 N–H and O–H groups in total. The van der Waals surface area contributed by atoms with E-state index in [0.29, 0.717) is 17.9 Å². The van der Waals surface area contributed by atoms with Crippen LogP contribution >= 0.6 is 0 Å². The van der Waals surface area contributed by atoms with Gasteiger partial charge in [0.15, 0.2) is 11.5 Å². The zero-order valence-electron chi connectivity index (χ0n) is 9.86. The number of fused-ring (bicyclic) bond motifs is 3. The van der Waals surface area contributed by atoms with E-state index in [1.54, 1.807) is 6.20 Å². The van der Waals surface area contributed by atoms with Crippen molar-refractivity contribution < 1.29 is 9.53 Å². The minimum absolute atomic E-state index is 0.131. The van der Waals surface area contributed by atoms with Crippen LogP contribution in [0, 0.1) is 5.41 Å². The summed E-state index contributed by atoms with van der Waals surface area (Å²) in [6, 6.07) is 7.60. The largest absolute Gasteiger partial charge is 0.489 e. The normalized spacial score (nSPS) is 17.6. The highest BCUT2D eigenvalue weighted by atomic mass is 16.5. The summed E-state index contributed by atoms with van der Waals surface area (Å²) in [7, 11) is 0. The highest BCUT2D eigenvalue weighted by molar-refractivity contribution is 6.07. The molecule has 3 heteroatoms. The molecule has 0 aliphatic carbocycles. The number of hydrogen-bond acceptors (Lipinski definition) is 3. The van der Waals surface area contributed by atoms with Gasteiger partial charge in [0.25, 0.3) is 0 Å². The van der Waals surface area contributed by atoms with Crippen LogP contribution in [-0.2, 0) is 0 Å². The van der Waals surface area contributed by atoms with Crippen LogP contribution in [0.1, 0.15) is 24.2 Å². The molecule has 1 aromatic carbocycles. The summed E-state index contributed by atoms with van der Waals surface area (Å²) in [4.78, 5) is 16.6. The molecule has 0 saturated heterocycles. The van der Waals surface area contributed by atoms with Crippen molar-refractivity contribution in [3.05, 3.63) is 36.0 Å². The lowest BCUT2D eigenvalue weighted by Gasteiger charge is -2.30. The van der Waals surface area contributed by atoms with Crippen LogP contribution in [0.5, 0.6) is 5.75 Å². The summed E-state index contributed by atoms with van der Waals surface area (Å²) in [5, 5.41) is 0.999. The molecular weight excluding hydrogens is 214 g/mol. The Labute approximate surface area is 99.4 Å². The molecule has 0 fully saturated rings. The zero-order valence-corrected chi connectivity index (χ0v) is 9.86. The van der Waals surface area contributed by atoms with E-state index in [-0.39, 0.29) is 5.78 Å². The fourth-order valence-electron chi connectivity index (χ4n) is 2.13. The van der Waals surface area contributed by atoms with E-state index < -0.39 is 5.41 Å². The van der Waals surface area contributed by atoms with Gasteiger partial charge in [-0.15, -0.1) is 0 Å². The minimum Gasteiger partial charge on any atom is -0.489 e. The van der Waals surface area contributed by atoms with Crippen molar-refractivity contribution in [2.75, 3.05) is 6.61 Å². The topological polar surface area (TPSA) is 39.2 Å². The van der Waals surface area contributed by atoms with E-state index in [4.69, 9.17) is 4.74 Å². The van der Waals surface area contributed by atoms with Crippen LogP contribution in [0.25, 0.3) is 10.9 Å². The first-order chi connectivity index (χ1) is 8.09. The van der Waals surface area contributed by atoms with Crippen molar-refractivity contribution in [2.24, 2.45) is 5.41 Å². The van der Waals surface area contributed by atoms with Crippen molar-refractivity contribution in [3.63, 3.8) is 0 Å². The Kier molecular flexibility index (Phi) is 1.99. The Bertz CT molecular complexity index is 617. The van der Waals surface area contributed by atoms with Crippen molar-refractivity contribution in [2.45, 2.75) is 13.8 Å². The summed E-state index contributed by atoms with van der Waals surface area (Å²) in [5.74, 6) is 0.763. The maximum atomic E-state index is 12.3. The number of carbonyl (C=O) groups is 1. The third kappa shape index (κ3) is 1.42.